The van der Waals surface area contributed by atoms with Crippen LogP contribution in [0.1, 0.15) is 37.0 Å². The van der Waals surface area contributed by atoms with Crippen molar-refractivity contribution >= 4 is 0 Å². The fourth-order valence-corrected chi connectivity index (χ4v) is 2.89. The Morgan fingerprint density at radius 2 is 1.55 bits per heavy atom. The van der Waals surface area contributed by atoms with Gasteiger partial charge in [0.25, 0.3) is 0 Å². The molecule has 0 amide bonds. The van der Waals surface area contributed by atoms with Gasteiger partial charge in [-0.25, -0.2) is 0 Å². The predicted octanol–water partition coefficient (Wildman–Crippen LogP) is 4.49. The molecule has 1 atom stereocenters. The monoisotopic (exact) mass is 296 g/mol. The third kappa shape index (κ3) is 3.17. The van der Waals surface area contributed by atoms with E-state index in [0.29, 0.717) is 6.61 Å². The molecule has 1 saturated heterocycles. The van der Waals surface area contributed by atoms with Gasteiger partial charge in [0.2, 0.25) is 0 Å². The summed E-state index contributed by atoms with van der Waals surface area (Å²) in [7, 11) is 0. The van der Waals surface area contributed by atoms with E-state index in [1.54, 1.807) is 0 Å². The molecular formula is C20H24O2. The average molecular weight is 296 g/mol. The Kier molecular flexibility index (Phi) is 4.21. The summed E-state index contributed by atoms with van der Waals surface area (Å²) in [6, 6.07) is 17.3. The normalized spacial score (nSPS) is 18.4. The molecule has 2 nitrogen and oxygen atoms in total. The maximum Gasteiger partial charge on any atom is 0.124 e. The molecule has 3 rings (SSSR count). The summed E-state index contributed by atoms with van der Waals surface area (Å²) < 4.78 is 11.3. The van der Waals surface area contributed by atoms with Crippen LogP contribution in [0.2, 0.25) is 0 Å². The minimum Gasteiger partial charge on any atom is -0.488 e. The molecular weight excluding hydrogens is 272 g/mol. The highest BCUT2D eigenvalue weighted by Gasteiger charge is 2.23. The predicted molar refractivity (Wildman–Crippen MR) is 89.6 cm³/mol. The van der Waals surface area contributed by atoms with Gasteiger partial charge in [-0.2, -0.15) is 0 Å². The van der Waals surface area contributed by atoms with Crippen LogP contribution in [0.4, 0.5) is 0 Å². The summed E-state index contributed by atoms with van der Waals surface area (Å²) in [4.78, 5) is 0. The van der Waals surface area contributed by atoms with Gasteiger partial charge in [-0.1, -0.05) is 55.8 Å². The van der Waals surface area contributed by atoms with Gasteiger partial charge in [-0.15, -0.1) is 0 Å². The number of aryl methyl sites for hydroxylation is 1. The molecule has 2 aromatic rings. The zero-order valence-electron chi connectivity index (χ0n) is 13.6. The van der Waals surface area contributed by atoms with Crippen molar-refractivity contribution in [3.8, 4) is 5.75 Å². The fraction of sp³-hybridized carbons (Fsp3) is 0.400. The van der Waals surface area contributed by atoms with Crippen LogP contribution in [-0.4, -0.2) is 19.3 Å². The lowest BCUT2D eigenvalue weighted by atomic mass is 9.78. The van der Waals surface area contributed by atoms with Gasteiger partial charge in [0.1, 0.15) is 11.9 Å². The standard InChI is InChI=1S/C20H24O2/c1-15-4-6-16(7-5-15)20(2,3)17-8-10-18(11-9-17)22-19-12-13-21-14-19/h4-11,19H,12-14H2,1-3H3. The smallest absolute Gasteiger partial charge is 0.124 e. The molecule has 0 spiro atoms. The van der Waals surface area contributed by atoms with Crippen molar-refractivity contribution in [1.82, 2.24) is 0 Å². The SMILES string of the molecule is Cc1ccc(C(C)(C)c2ccc(OC3CCOC3)cc2)cc1. The summed E-state index contributed by atoms with van der Waals surface area (Å²) in [5.41, 5.74) is 3.91. The van der Waals surface area contributed by atoms with Crippen molar-refractivity contribution in [3.05, 3.63) is 65.2 Å². The molecule has 0 saturated carbocycles. The first-order valence-electron chi connectivity index (χ1n) is 7.98. The number of hydrogen-bond donors (Lipinski definition) is 0. The van der Waals surface area contributed by atoms with Crippen LogP contribution in [0.25, 0.3) is 0 Å². The first-order valence-corrected chi connectivity index (χ1v) is 7.98. The molecule has 0 bridgehead atoms. The number of hydrogen-bond acceptors (Lipinski definition) is 2. The summed E-state index contributed by atoms with van der Waals surface area (Å²) in [6.45, 7) is 8.16. The first kappa shape index (κ1) is 15.1. The van der Waals surface area contributed by atoms with Gasteiger partial charge in [0.15, 0.2) is 0 Å². The van der Waals surface area contributed by atoms with E-state index in [9.17, 15) is 0 Å². The van der Waals surface area contributed by atoms with Crippen LogP contribution >= 0.6 is 0 Å². The largest absolute Gasteiger partial charge is 0.488 e. The fourth-order valence-electron chi connectivity index (χ4n) is 2.89. The van der Waals surface area contributed by atoms with E-state index in [2.05, 4.69) is 69.3 Å². The highest BCUT2D eigenvalue weighted by molar-refractivity contribution is 5.40. The Morgan fingerprint density at radius 1 is 0.955 bits per heavy atom. The molecule has 2 aromatic carbocycles. The molecule has 0 radical (unpaired) electrons. The highest BCUT2D eigenvalue weighted by atomic mass is 16.5. The van der Waals surface area contributed by atoms with Gasteiger partial charge in [-0.3, -0.25) is 0 Å². The third-order valence-corrected chi connectivity index (χ3v) is 4.54. The van der Waals surface area contributed by atoms with E-state index < -0.39 is 0 Å². The Morgan fingerprint density at radius 3 is 2.09 bits per heavy atom. The second-order valence-electron chi connectivity index (χ2n) is 6.62. The number of rotatable bonds is 4. The van der Waals surface area contributed by atoms with Crippen LogP contribution in [-0.2, 0) is 10.2 Å². The Labute approximate surface area is 133 Å². The number of benzene rings is 2. The van der Waals surface area contributed by atoms with Crippen molar-refractivity contribution in [3.63, 3.8) is 0 Å². The Hall–Kier alpha value is -1.80. The second-order valence-corrected chi connectivity index (χ2v) is 6.62. The minimum absolute atomic E-state index is 0.0112. The zero-order valence-corrected chi connectivity index (χ0v) is 13.6. The average Bonchev–Trinajstić information content (AvgIpc) is 3.01. The van der Waals surface area contributed by atoms with Gasteiger partial charge in [-0.05, 0) is 30.2 Å². The second kappa shape index (κ2) is 6.13. The van der Waals surface area contributed by atoms with Crippen molar-refractivity contribution in [2.45, 2.75) is 38.7 Å². The quantitative estimate of drug-likeness (QED) is 0.827. The lowest BCUT2D eigenvalue weighted by Crippen LogP contribution is -2.19. The molecule has 0 N–H and O–H groups in total. The molecule has 116 valence electrons. The van der Waals surface area contributed by atoms with Crippen LogP contribution in [0.5, 0.6) is 5.75 Å². The molecule has 0 aliphatic carbocycles. The Balaban J connectivity index is 1.77. The zero-order chi connectivity index (χ0) is 15.6. The molecule has 1 aliphatic heterocycles. The molecule has 22 heavy (non-hydrogen) atoms. The lowest BCUT2D eigenvalue weighted by Gasteiger charge is -2.26. The van der Waals surface area contributed by atoms with Crippen LogP contribution in [0.15, 0.2) is 48.5 Å². The minimum atomic E-state index is -0.0112. The topological polar surface area (TPSA) is 18.5 Å². The van der Waals surface area contributed by atoms with Crippen molar-refractivity contribution in [2.24, 2.45) is 0 Å². The molecule has 1 fully saturated rings. The van der Waals surface area contributed by atoms with Crippen molar-refractivity contribution in [2.75, 3.05) is 13.2 Å². The molecule has 2 heteroatoms. The highest BCUT2D eigenvalue weighted by Crippen LogP contribution is 2.32. The van der Waals surface area contributed by atoms with E-state index >= 15 is 0 Å². The molecule has 0 aromatic heterocycles. The summed E-state index contributed by atoms with van der Waals surface area (Å²) in [6.07, 6.45) is 1.19. The van der Waals surface area contributed by atoms with E-state index in [1.165, 1.54) is 16.7 Å². The van der Waals surface area contributed by atoms with Crippen LogP contribution < -0.4 is 4.74 Å². The Bertz CT molecular complexity index is 605. The maximum absolute atomic E-state index is 5.94. The van der Waals surface area contributed by atoms with Gasteiger partial charge < -0.3 is 9.47 Å². The van der Waals surface area contributed by atoms with Crippen LogP contribution in [0.3, 0.4) is 0 Å². The lowest BCUT2D eigenvalue weighted by molar-refractivity contribution is 0.141. The van der Waals surface area contributed by atoms with E-state index in [0.717, 1.165) is 18.8 Å². The van der Waals surface area contributed by atoms with Crippen molar-refractivity contribution in [1.29, 1.82) is 0 Å². The van der Waals surface area contributed by atoms with Gasteiger partial charge in [0, 0.05) is 11.8 Å². The van der Waals surface area contributed by atoms with Gasteiger partial charge in [0.05, 0.1) is 13.2 Å². The van der Waals surface area contributed by atoms with E-state index in [1.807, 2.05) is 0 Å². The maximum atomic E-state index is 5.94. The van der Waals surface area contributed by atoms with E-state index in [4.69, 9.17) is 9.47 Å². The number of ether oxygens (including phenoxy) is 2. The summed E-state index contributed by atoms with van der Waals surface area (Å²) >= 11 is 0. The van der Waals surface area contributed by atoms with Gasteiger partial charge >= 0.3 is 0 Å². The summed E-state index contributed by atoms with van der Waals surface area (Å²) in [5.74, 6) is 0.930. The molecule has 1 heterocycles. The van der Waals surface area contributed by atoms with E-state index in [-0.39, 0.29) is 11.5 Å². The molecule has 1 aliphatic rings. The first-order chi connectivity index (χ1) is 10.6. The summed E-state index contributed by atoms with van der Waals surface area (Å²) in [5, 5.41) is 0. The van der Waals surface area contributed by atoms with Crippen LogP contribution in [0, 0.1) is 6.92 Å². The molecule has 1 unspecified atom stereocenters. The van der Waals surface area contributed by atoms with Crippen molar-refractivity contribution < 1.29 is 9.47 Å². The third-order valence-electron chi connectivity index (χ3n) is 4.54.